The summed E-state index contributed by atoms with van der Waals surface area (Å²) in [6.45, 7) is 8.22. The summed E-state index contributed by atoms with van der Waals surface area (Å²) in [6, 6.07) is 6.79. The van der Waals surface area contributed by atoms with Crippen molar-refractivity contribution in [2.45, 2.75) is 45.1 Å². The van der Waals surface area contributed by atoms with Crippen molar-refractivity contribution in [3.63, 3.8) is 0 Å². The summed E-state index contributed by atoms with van der Waals surface area (Å²) in [7, 11) is 3.05. The second kappa shape index (κ2) is 14.9. The van der Waals surface area contributed by atoms with Crippen molar-refractivity contribution < 1.29 is 33.3 Å². The zero-order valence-corrected chi connectivity index (χ0v) is 23.9. The molecule has 0 radical (unpaired) electrons. The summed E-state index contributed by atoms with van der Waals surface area (Å²) in [5, 5.41) is 0. The van der Waals surface area contributed by atoms with Gasteiger partial charge in [-0.3, -0.25) is 4.98 Å². The molecular formula is C30H41N3O7. The Bertz CT molecular complexity index is 1130. The molecule has 0 amide bonds. The van der Waals surface area contributed by atoms with Gasteiger partial charge in [-0.2, -0.15) is 0 Å². The van der Waals surface area contributed by atoms with Crippen molar-refractivity contribution in [1.82, 2.24) is 14.8 Å². The van der Waals surface area contributed by atoms with Crippen LogP contribution in [0.1, 0.15) is 58.5 Å². The van der Waals surface area contributed by atoms with Gasteiger partial charge in [0.05, 0.1) is 38.6 Å². The summed E-state index contributed by atoms with van der Waals surface area (Å²) in [5.74, 6) is 0.413. The van der Waals surface area contributed by atoms with Crippen LogP contribution in [0.5, 0.6) is 17.2 Å². The zero-order chi connectivity index (χ0) is 28.3. The van der Waals surface area contributed by atoms with Crippen molar-refractivity contribution in [2.75, 3.05) is 66.7 Å². The number of hydrogen-bond donors (Lipinski definition) is 0. The number of nitrogens with zero attached hydrogens (tertiary/aromatic N) is 3. The van der Waals surface area contributed by atoms with Crippen LogP contribution in [-0.4, -0.2) is 99.5 Å². The Morgan fingerprint density at radius 1 is 0.900 bits per heavy atom. The largest absolute Gasteiger partial charge is 0.493 e. The predicted molar refractivity (Wildman–Crippen MR) is 149 cm³/mol. The van der Waals surface area contributed by atoms with Crippen molar-refractivity contribution in [3.05, 3.63) is 47.3 Å². The molecule has 1 fully saturated rings. The van der Waals surface area contributed by atoms with Gasteiger partial charge in [-0.25, -0.2) is 9.59 Å². The maximum Gasteiger partial charge on any atom is 0.339 e. The third-order valence-electron chi connectivity index (χ3n) is 7.33. The number of esters is 2. The van der Waals surface area contributed by atoms with Gasteiger partial charge >= 0.3 is 11.9 Å². The lowest BCUT2D eigenvalue weighted by Crippen LogP contribution is -2.34. The topological polar surface area (TPSA) is 99.7 Å². The number of cyclic esters (lactones) is 1. The number of carbonyl (C=O) groups excluding carboxylic acids is 2. The number of aromatic nitrogens is 1. The Kier molecular flexibility index (Phi) is 11.0. The minimum absolute atomic E-state index is 0.267. The van der Waals surface area contributed by atoms with Gasteiger partial charge in [-0.05, 0) is 76.4 Å². The molecule has 4 rings (SSSR count). The molecule has 0 aliphatic carbocycles. The van der Waals surface area contributed by atoms with Crippen molar-refractivity contribution in [1.29, 1.82) is 0 Å². The number of hydrogen-bond acceptors (Lipinski definition) is 10. The number of benzene rings is 1. The summed E-state index contributed by atoms with van der Waals surface area (Å²) < 4.78 is 28.6. The van der Waals surface area contributed by atoms with Crippen LogP contribution < -0.4 is 14.2 Å². The van der Waals surface area contributed by atoms with Crippen LogP contribution in [0.15, 0.2) is 30.5 Å². The monoisotopic (exact) mass is 555 g/mol. The lowest BCUT2D eigenvalue weighted by Gasteiger charge is -2.24. The van der Waals surface area contributed by atoms with Gasteiger partial charge in [0.15, 0.2) is 11.5 Å². The first-order valence-corrected chi connectivity index (χ1v) is 14.1. The Morgan fingerprint density at radius 3 is 2.38 bits per heavy atom. The van der Waals surface area contributed by atoms with E-state index in [1.54, 1.807) is 24.4 Å². The van der Waals surface area contributed by atoms with Gasteiger partial charge < -0.3 is 33.5 Å². The molecular weight excluding hydrogens is 514 g/mol. The fraction of sp³-hybridized carbons (Fsp3) is 0.567. The highest BCUT2D eigenvalue weighted by Gasteiger charge is 2.22. The van der Waals surface area contributed by atoms with Crippen LogP contribution in [0, 0.1) is 6.92 Å². The number of methoxy groups -OCH3 is 2. The number of carbonyl (C=O) groups is 2. The smallest absolute Gasteiger partial charge is 0.339 e. The van der Waals surface area contributed by atoms with E-state index in [0.717, 1.165) is 64.2 Å². The maximum atomic E-state index is 12.9. The second-order valence-corrected chi connectivity index (χ2v) is 10.2. The Hall–Kier alpha value is -3.37. The first kappa shape index (κ1) is 29.6. The van der Waals surface area contributed by atoms with E-state index in [2.05, 4.69) is 14.8 Å². The Morgan fingerprint density at radius 2 is 1.65 bits per heavy atom. The van der Waals surface area contributed by atoms with Gasteiger partial charge in [-0.1, -0.05) is 0 Å². The van der Waals surface area contributed by atoms with Crippen LogP contribution in [0.2, 0.25) is 0 Å². The molecule has 1 aromatic carbocycles. The molecule has 10 heteroatoms. The van der Waals surface area contributed by atoms with E-state index in [4.69, 9.17) is 23.7 Å². The second-order valence-electron chi connectivity index (χ2n) is 10.2. The number of fused-ring (bicyclic) bond motifs is 5. The summed E-state index contributed by atoms with van der Waals surface area (Å²) in [6.07, 6.45) is 5.13. The van der Waals surface area contributed by atoms with Gasteiger partial charge in [0, 0.05) is 38.1 Å². The first-order chi connectivity index (χ1) is 19.5. The van der Waals surface area contributed by atoms with Crippen LogP contribution in [0.25, 0.3) is 0 Å². The van der Waals surface area contributed by atoms with Crippen LogP contribution in [0.3, 0.4) is 0 Å². The Labute approximate surface area is 236 Å². The third-order valence-corrected chi connectivity index (χ3v) is 7.33. The molecule has 1 aromatic heterocycles. The predicted octanol–water partition coefficient (Wildman–Crippen LogP) is 3.75. The van der Waals surface area contributed by atoms with Crippen molar-refractivity contribution in [3.8, 4) is 17.2 Å². The molecule has 218 valence electrons. The van der Waals surface area contributed by atoms with Crippen LogP contribution in [0.4, 0.5) is 0 Å². The molecule has 2 aliphatic rings. The summed E-state index contributed by atoms with van der Waals surface area (Å²) in [4.78, 5) is 34.8. The first-order valence-electron chi connectivity index (χ1n) is 14.1. The van der Waals surface area contributed by atoms with E-state index in [1.165, 1.54) is 14.2 Å². The van der Waals surface area contributed by atoms with Gasteiger partial charge in [0.1, 0.15) is 6.10 Å². The fourth-order valence-corrected chi connectivity index (χ4v) is 5.05. The maximum absolute atomic E-state index is 12.9. The number of rotatable bonds is 4. The molecule has 1 saturated heterocycles. The van der Waals surface area contributed by atoms with Gasteiger partial charge in [-0.15, -0.1) is 0 Å². The van der Waals surface area contributed by atoms with E-state index >= 15 is 0 Å². The molecule has 4 bridgehead atoms. The normalized spacial score (nSPS) is 22.9. The lowest BCUT2D eigenvalue weighted by atomic mass is 10.1. The van der Waals surface area contributed by atoms with E-state index in [-0.39, 0.29) is 12.1 Å². The standard InChI is InChI=1S/C30H41N3O7/c1-22-8-9-23(21-31-22)30(35)40-25-7-4-17-38-27-20-24(19-26(36-2)28(27)37-3)29(34)39-18-6-13-32-11-5-12-33(14-10-25)16-15-32/h8-9,19-21,25H,4-7,10-18H2,1-3H3. The van der Waals surface area contributed by atoms with Gasteiger partial charge in [0.2, 0.25) is 5.75 Å². The number of aryl methyl sites for hydroxylation is 1. The molecule has 2 aromatic rings. The minimum atomic E-state index is -0.427. The average Bonchev–Trinajstić information content (AvgIpc) is 3.20. The SMILES string of the molecule is COc1cc2cc(c1OC)OCCCC(OC(=O)c1ccc(C)nc1)CCN1CCCN(CCCOC2=O)CC1. The molecule has 40 heavy (non-hydrogen) atoms. The van der Waals surface area contributed by atoms with Crippen LogP contribution >= 0.6 is 0 Å². The number of pyridine rings is 1. The van der Waals surface area contributed by atoms with Gasteiger partial charge in [0.25, 0.3) is 0 Å². The molecule has 2 aliphatic heterocycles. The molecule has 3 heterocycles. The fourth-order valence-electron chi connectivity index (χ4n) is 5.05. The highest BCUT2D eigenvalue weighted by molar-refractivity contribution is 5.91. The molecule has 0 N–H and O–H groups in total. The molecule has 0 saturated carbocycles. The van der Waals surface area contributed by atoms with E-state index < -0.39 is 5.97 Å². The van der Waals surface area contributed by atoms with Crippen molar-refractivity contribution in [2.24, 2.45) is 0 Å². The molecule has 3 atom stereocenters. The van der Waals surface area contributed by atoms with Crippen LogP contribution in [-0.2, 0) is 9.47 Å². The summed E-state index contributed by atoms with van der Waals surface area (Å²) >= 11 is 0. The average molecular weight is 556 g/mol. The zero-order valence-electron chi connectivity index (χ0n) is 23.9. The molecule has 0 spiro atoms. The Balaban J connectivity index is 1.51. The van der Waals surface area contributed by atoms with Crippen molar-refractivity contribution >= 4 is 11.9 Å². The molecule has 10 nitrogen and oxygen atoms in total. The lowest BCUT2D eigenvalue weighted by molar-refractivity contribution is 0.0221. The highest BCUT2D eigenvalue weighted by atomic mass is 16.5. The van der Waals surface area contributed by atoms with E-state index in [0.29, 0.717) is 54.4 Å². The number of ether oxygens (including phenoxy) is 5. The van der Waals surface area contributed by atoms with E-state index in [9.17, 15) is 9.59 Å². The quantitative estimate of drug-likeness (QED) is 0.519. The van der Waals surface area contributed by atoms with E-state index in [1.807, 2.05) is 13.0 Å². The minimum Gasteiger partial charge on any atom is -0.493 e. The summed E-state index contributed by atoms with van der Waals surface area (Å²) in [5.41, 5.74) is 1.64. The molecule has 3 unspecified atom stereocenters. The highest BCUT2D eigenvalue weighted by Crippen LogP contribution is 2.39. The third kappa shape index (κ3) is 8.32.